The molecule has 2 aromatic rings. The topological polar surface area (TPSA) is 72.4 Å². The first kappa shape index (κ1) is 17.1. The lowest BCUT2D eigenvalue weighted by Gasteiger charge is -2.32. The lowest BCUT2D eigenvalue weighted by molar-refractivity contribution is 0.170. The van der Waals surface area contributed by atoms with Crippen molar-refractivity contribution in [1.29, 1.82) is 0 Å². The van der Waals surface area contributed by atoms with Crippen molar-refractivity contribution < 1.29 is 9.47 Å². The number of benzene rings is 1. The molecule has 1 aromatic carbocycles. The molecule has 4 rings (SSSR count). The molecule has 0 amide bonds. The van der Waals surface area contributed by atoms with Gasteiger partial charge in [0.15, 0.2) is 11.5 Å². The Morgan fingerprint density at radius 1 is 1.19 bits per heavy atom. The second-order valence-electron chi connectivity index (χ2n) is 7.10. The van der Waals surface area contributed by atoms with E-state index in [0.29, 0.717) is 25.7 Å². The highest BCUT2D eigenvalue weighted by Crippen LogP contribution is 2.34. The molecule has 1 saturated heterocycles. The van der Waals surface area contributed by atoms with Gasteiger partial charge in [0.05, 0.1) is 0 Å². The quantitative estimate of drug-likeness (QED) is 0.906. The van der Waals surface area contributed by atoms with Gasteiger partial charge in [0, 0.05) is 19.0 Å². The van der Waals surface area contributed by atoms with Crippen molar-refractivity contribution in [1.82, 2.24) is 19.7 Å². The van der Waals surface area contributed by atoms with E-state index in [2.05, 4.69) is 34.2 Å². The molecular weight excluding hydrogens is 332 g/mol. The van der Waals surface area contributed by atoms with Gasteiger partial charge in [-0.2, -0.15) is 5.10 Å². The molecule has 0 unspecified atom stereocenters. The predicted molar refractivity (Wildman–Crippen MR) is 97.9 cm³/mol. The lowest BCUT2D eigenvalue weighted by atomic mass is 9.95. The van der Waals surface area contributed by atoms with E-state index in [4.69, 9.17) is 9.47 Å². The fourth-order valence-electron chi connectivity index (χ4n) is 3.94. The monoisotopic (exact) mass is 358 g/mol. The molecule has 0 bridgehead atoms. The van der Waals surface area contributed by atoms with Gasteiger partial charge in [0.1, 0.15) is 19.0 Å². The zero-order valence-corrected chi connectivity index (χ0v) is 15.5. The molecule has 140 valence electrons. The maximum absolute atomic E-state index is 11.8. The molecule has 0 aliphatic carbocycles. The summed E-state index contributed by atoms with van der Waals surface area (Å²) in [5, 5.41) is 6.85. The lowest BCUT2D eigenvalue weighted by Crippen LogP contribution is -2.34. The molecule has 0 spiro atoms. The van der Waals surface area contributed by atoms with Crippen LogP contribution in [0.1, 0.15) is 42.6 Å². The maximum Gasteiger partial charge on any atom is 0.343 e. The van der Waals surface area contributed by atoms with Crippen LogP contribution in [0.25, 0.3) is 0 Å². The van der Waals surface area contributed by atoms with Crippen LogP contribution in [0.4, 0.5) is 0 Å². The van der Waals surface area contributed by atoms with Crippen molar-refractivity contribution in [3.05, 3.63) is 39.6 Å². The van der Waals surface area contributed by atoms with E-state index < -0.39 is 0 Å². The summed E-state index contributed by atoms with van der Waals surface area (Å²) in [6.45, 7) is 8.94. The van der Waals surface area contributed by atoms with E-state index in [-0.39, 0.29) is 5.69 Å². The van der Waals surface area contributed by atoms with Crippen molar-refractivity contribution in [2.75, 3.05) is 26.3 Å². The first-order chi connectivity index (χ1) is 12.7. The highest BCUT2D eigenvalue weighted by Gasteiger charge is 2.25. The standard InChI is InChI=1S/C19H26N4O3/c1-3-23-18(20-21-19(23)24)14-4-6-22(7-5-14)12-15-11-17-16(10-13(15)2)25-8-9-26-17/h10-11,14H,3-9,12H2,1-2H3,(H,21,24). The van der Waals surface area contributed by atoms with Crippen LogP contribution in [0.3, 0.4) is 0 Å². The molecule has 0 atom stereocenters. The molecule has 1 N–H and O–H groups in total. The van der Waals surface area contributed by atoms with Crippen LogP contribution in [0.2, 0.25) is 0 Å². The fourth-order valence-corrected chi connectivity index (χ4v) is 3.94. The molecule has 0 saturated carbocycles. The second-order valence-corrected chi connectivity index (χ2v) is 7.10. The summed E-state index contributed by atoms with van der Waals surface area (Å²) >= 11 is 0. The second kappa shape index (κ2) is 7.15. The van der Waals surface area contributed by atoms with Gasteiger partial charge in [-0.1, -0.05) is 0 Å². The number of aromatic nitrogens is 3. The molecule has 7 nitrogen and oxygen atoms in total. The van der Waals surface area contributed by atoms with Crippen molar-refractivity contribution in [3.8, 4) is 11.5 Å². The zero-order chi connectivity index (χ0) is 18.1. The van der Waals surface area contributed by atoms with Gasteiger partial charge >= 0.3 is 5.69 Å². The van der Waals surface area contributed by atoms with Gasteiger partial charge in [-0.25, -0.2) is 9.89 Å². The third kappa shape index (κ3) is 3.23. The molecular formula is C19H26N4O3. The van der Waals surface area contributed by atoms with Crippen LogP contribution in [-0.2, 0) is 13.1 Å². The van der Waals surface area contributed by atoms with Crippen LogP contribution in [-0.4, -0.2) is 46.0 Å². The number of hydrogen-bond acceptors (Lipinski definition) is 5. The molecule has 0 radical (unpaired) electrons. The summed E-state index contributed by atoms with van der Waals surface area (Å²) in [7, 11) is 0. The van der Waals surface area contributed by atoms with Crippen molar-refractivity contribution in [2.24, 2.45) is 0 Å². The molecule has 2 aliphatic rings. The Balaban J connectivity index is 1.42. The third-order valence-corrected chi connectivity index (χ3v) is 5.45. The van der Waals surface area contributed by atoms with Gasteiger partial charge in [-0.15, -0.1) is 0 Å². The summed E-state index contributed by atoms with van der Waals surface area (Å²) in [4.78, 5) is 14.3. The van der Waals surface area contributed by atoms with E-state index in [1.807, 2.05) is 6.92 Å². The number of rotatable bonds is 4. The number of H-pyrrole nitrogens is 1. The maximum atomic E-state index is 11.8. The number of ether oxygens (including phenoxy) is 2. The number of hydrogen-bond donors (Lipinski definition) is 1. The Morgan fingerprint density at radius 3 is 2.58 bits per heavy atom. The largest absolute Gasteiger partial charge is 0.486 e. The van der Waals surface area contributed by atoms with E-state index in [9.17, 15) is 4.79 Å². The van der Waals surface area contributed by atoms with Gasteiger partial charge in [0.2, 0.25) is 0 Å². The van der Waals surface area contributed by atoms with Gasteiger partial charge in [0.25, 0.3) is 0 Å². The Kier molecular flexibility index (Phi) is 4.72. The molecule has 7 heteroatoms. The Labute approximate surface area is 152 Å². The summed E-state index contributed by atoms with van der Waals surface area (Å²) < 4.78 is 13.1. The van der Waals surface area contributed by atoms with Crippen molar-refractivity contribution in [3.63, 3.8) is 0 Å². The van der Waals surface area contributed by atoms with Crippen LogP contribution in [0.5, 0.6) is 11.5 Å². The smallest absolute Gasteiger partial charge is 0.343 e. The average molecular weight is 358 g/mol. The summed E-state index contributed by atoms with van der Waals surface area (Å²) in [6, 6.07) is 4.21. The molecule has 1 fully saturated rings. The normalized spacial score (nSPS) is 18.2. The van der Waals surface area contributed by atoms with Gasteiger partial charge in [-0.05, 0) is 63.0 Å². The molecule has 26 heavy (non-hydrogen) atoms. The highest BCUT2D eigenvalue weighted by atomic mass is 16.6. The number of likely N-dealkylation sites (tertiary alicyclic amines) is 1. The highest BCUT2D eigenvalue weighted by molar-refractivity contribution is 5.47. The predicted octanol–water partition coefficient (Wildman–Crippen LogP) is 2.05. The van der Waals surface area contributed by atoms with Crippen molar-refractivity contribution >= 4 is 0 Å². The fraction of sp³-hybridized carbons (Fsp3) is 0.579. The minimum atomic E-state index is -0.100. The third-order valence-electron chi connectivity index (χ3n) is 5.45. The minimum Gasteiger partial charge on any atom is -0.486 e. The molecule has 1 aromatic heterocycles. The molecule has 3 heterocycles. The summed E-state index contributed by atoms with van der Waals surface area (Å²) in [5.41, 5.74) is 2.43. The van der Waals surface area contributed by atoms with Gasteiger partial charge in [-0.3, -0.25) is 9.47 Å². The number of fused-ring (bicyclic) bond motifs is 1. The Morgan fingerprint density at radius 2 is 1.88 bits per heavy atom. The van der Waals surface area contributed by atoms with Crippen LogP contribution >= 0.6 is 0 Å². The first-order valence-corrected chi connectivity index (χ1v) is 9.42. The van der Waals surface area contributed by atoms with Crippen LogP contribution in [0, 0.1) is 6.92 Å². The van der Waals surface area contributed by atoms with E-state index in [1.165, 1.54) is 11.1 Å². The SMILES string of the molecule is CCn1c(C2CCN(Cc3cc4c(cc3C)OCCO4)CC2)n[nH]c1=O. The van der Waals surface area contributed by atoms with E-state index in [1.54, 1.807) is 4.57 Å². The van der Waals surface area contributed by atoms with Crippen molar-refractivity contribution in [2.45, 2.75) is 45.7 Å². The number of aromatic amines is 1. The number of aryl methyl sites for hydroxylation is 1. The average Bonchev–Trinajstić information content (AvgIpc) is 3.03. The number of piperidine rings is 1. The van der Waals surface area contributed by atoms with Gasteiger partial charge < -0.3 is 9.47 Å². The van der Waals surface area contributed by atoms with E-state index >= 15 is 0 Å². The van der Waals surface area contributed by atoms with Crippen LogP contribution in [0.15, 0.2) is 16.9 Å². The number of nitrogens with zero attached hydrogens (tertiary/aromatic N) is 3. The Hall–Kier alpha value is -2.28. The summed E-state index contributed by atoms with van der Waals surface area (Å²) in [5.74, 6) is 2.97. The summed E-state index contributed by atoms with van der Waals surface area (Å²) in [6.07, 6.45) is 2.04. The number of nitrogens with one attached hydrogen (secondary N) is 1. The minimum absolute atomic E-state index is 0.100. The van der Waals surface area contributed by atoms with Crippen LogP contribution < -0.4 is 15.2 Å². The molecule has 2 aliphatic heterocycles. The Bertz CT molecular complexity index is 834. The van der Waals surface area contributed by atoms with E-state index in [0.717, 1.165) is 49.8 Å². The zero-order valence-electron chi connectivity index (χ0n) is 15.5. The first-order valence-electron chi connectivity index (χ1n) is 9.42.